The van der Waals surface area contributed by atoms with Crippen molar-refractivity contribution < 1.29 is 0 Å². The van der Waals surface area contributed by atoms with Crippen molar-refractivity contribution in [3.8, 4) is 0 Å². The highest BCUT2D eigenvalue weighted by Crippen LogP contribution is 2.25. The zero-order valence-corrected chi connectivity index (χ0v) is 8.19. The fourth-order valence-electron chi connectivity index (χ4n) is 0.815. The lowest BCUT2D eigenvalue weighted by Gasteiger charge is -1.93. The van der Waals surface area contributed by atoms with Crippen molar-refractivity contribution in [2.24, 2.45) is 5.92 Å². The van der Waals surface area contributed by atoms with Gasteiger partial charge in [0.2, 0.25) is 0 Å². The Morgan fingerprint density at radius 2 is 2.25 bits per heavy atom. The Labute approximate surface area is 77.8 Å². The molecule has 1 N–H and O–H groups in total. The van der Waals surface area contributed by atoms with Crippen molar-refractivity contribution in [1.29, 1.82) is 5.41 Å². The van der Waals surface area contributed by atoms with Gasteiger partial charge in [-0.25, -0.2) is 0 Å². The van der Waals surface area contributed by atoms with Crippen LogP contribution >= 0.6 is 11.8 Å². The first-order valence-corrected chi connectivity index (χ1v) is 4.88. The van der Waals surface area contributed by atoms with E-state index in [1.807, 2.05) is 23.6 Å². The molecule has 1 aliphatic rings. The molecule has 0 saturated carbocycles. The Morgan fingerprint density at radius 3 is 2.75 bits per heavy atom. The highest BCUT2D eigenvalue weighted by Gasteiger charge is 2.05. The predicted molar refractivity (Wildman–Crippen MR) is 56.5 cm³/mol. The minimum atomic E-state index is 0.579. The number of nitrogens with one attached hydrogen (secondary N) is 1. The molecule has 0 aromatic carbocycles. The Morgan fingerprint density at radius 1 is 1.50 bits per heavy atom. The van der Waals surface area contributed by atoms with Gasteiger partial charge in [-0.05, 0) is 23.5 Å². The Bertz CT molecular complexity index is 259. The maximum Gasteiger partial charge on any atom is 0.0684 e. The van der Waals surface area contributed by atoms with Crippen LogP contribution in [0.15, 0.2) is 34.6 Å². The molecule has 1 nitrogen and oxygen atoms in total. The van der Waals surface area contributed by atoms with Gasteiger partial charge in [-0.1, -0.05) is 37.8 Å². The average molecular weight is 179 g/mol. The van der Waals surface area contributed by atoms with E-state index in [1.165, 1.54) is 0 Å². The Kier molecular flexibility index (Phi) is 3.35. The van der Waals surface area contributed by atoms with Gasteiger partial charge in [-0.3, -0.25) is 5.41 Å². The van der Waals surface area contributed by atoms with E-state index >= 15 is 0 Å². The number of hydrogen-bond donors (Lipinski definition) is 1. The van der Waals surface area contributed by atoms with E-state index in [0.29, 0.717) is 11.6 Å². The number of rotatable bonds is 2. The van der Waals surface area contributed by atoms with Gasteiger partial charge in [0.05, 0.1) is 5.71 Å². The van der Waals surface area contributed by atoms with Gasteiger partial charge in [-0.2, -0.15) is 0 Å². The zero-order chi connectivity index (χ0) is 8.97. The molecule has 0 aliphatic carbocycles. The van der Waals surface area contributed by atoms with Gasteiger partial charge in [0.15, 0.2) is 0 Å². The molecular weight excluding hydrogens is 166 g/mol. The fourth-order valence-corrected chi connectivity index (χ4v) is 1.52. The van der Waals surface area contributed by atoms with E-state index in [2.05, 4.69) is 19.9 Å². The molecule has 1 heterocycles. The van der Waals surface area contributed by atoms with Gasteiger partial charge in [0.1, 0.15) is 0 Å². The quantitative estimate of drug-likeness (QED) is 0.690. The van der Waals surface area contributed by atoms with Crippen molar-refractivity contribution in [2.75, 3.05) is 0 Å². The third kappa shape index (κ3) is 2.70. The maximum atomic E-state index is 7.48. The van der Waals surface area contributed by atoms with Crippen LogP contribution in [0.5, 0.6) is 0 Å². The smallest absolute Gasteiger partial charge is 0.0684 e. The monoisotopic (exact) mass is 179 g/mol. The molecule has 0 atom stereocenters. The van der Waals surface area contributed by atoms with E-state index < -0.39 is 0 Å². The summed E-state index contributed by atoms with van der Waals surface area (Å²) in [5.41, 5.74) is 0.619. The first-order chi connectivity index (χ1) is 5.70. The summed E-state index contributed by atoms with van der Waals surface area (Å²) in [5.74, 6) is 0.579. The Hall–Kier alpha value is -0.760. The second-order valence-electron chi connectivity index (χ2n) is 2.99. The maximum absolute atomic E-state index is 7.48. The molecule has 0 saturated heterocycles. The molecule has 12 heavy (non-hydrogen) atoms. The van der Waals surface area contributed by atoms with Crippen molar-refractivity contribution >= 4 is 17.5 Å². The van der Waals surface area contributed by atoms with Crippen molar-refractivity contribution in [1.82, 2.24) is 0 Å². The first kappa shape index (κ1) is 9.33. The van der Waals surface area contributed by atoms with E-state index in [0.717, 1.165) is 4.91 Å². The Balaban J connectivity index is 2.54. The molecule has 0 bridgehead atoms. The van der Waals surface area contributed by atoms with Gasteiger partial charge in [-0.15, -0.1) is 0 Å². The summed E-state index contributed by atoms with van der Waals surface area (Å²) in [4.78, 5) is 1.03. The third-order valence-corrected chi connectivity index (χ3v) is 2.32. The number of allylic oxidation sites excluding steroid dienone is 5. The molecule has 0 spiro atoms. The second kappa shape index (κ2) is 4.31. The van der Waals surface area contributed by atoms with E-state index in [-0.39, 0.29) is 0 Å². The summed E-state index contributed by atoms with van der Waals surface area (Å²) in [6.45, 7) is 4.28. The first-order valence-electron chi connectivity index (χ1n) is 4.01. The van der Waals surface area contributed by atoms with Crippen LogP contribution in [0.3, 0.4) is 0 Å². The molecule has 0 aromatic rings. The second-order valence-corrected chi connectivity index (χ2v) is 3.94. The average Bonchev–Trinajstić information content (AvgIpc) is 2.36. The molecular formula is C10H13NS. The fraction of sp³-hybridized carbons (Fsp3) is 0.300. The molecule has 0 amide bonds. The van der Waals surface area contributed by atoms with Gasteiger partial charge < -0.3 is 0 Å². The normalized spacial score (nSPS) is 20.6. The molecule has 0 unspecified atom stereocenters. The van der Waals surface area contributed by atoms with E-state index in [4.69, 9.17) is 5.41 Å². The summed E-state index contributed by atoms with van der Waals surface area (Å²) in [5, 5.41) is 9.42. The van der Waals surface area contributed by atoms with Crippen molar-refractivity contribution in [3.05, 3.63) is 34.6 Å². The van der Waals surface area contributed by atoms with Crippen LogP contribution < -0.4 is 0 Å². The lowest BCUT2D eigenvalue weighted by molar-refractivity contribution is 0.832. The van der Waals surface area contributed by atoms with Crippen LogP contribution in [0.2, 0.25) is 0 Å². The summed E-state index contributed by atoms with van der Waals surface area (Å²) in [6.07, 6.45) is 7.96. The molecule has 2 heteroatoms. The largest absolute Gasteiger partial charge is 0.300 e. The molecule has 1 aliphatic heterocycles. The van der Waals surface area contributed by atoms with Gasteiger partial charge in [0, 0.05) is 4.91 Å². The summed E-state index contributed by atoms with van der Waals surface area (Å²) in [6, 6.07) is 0. The predicted octanol–water partition coefficient (Wildman–Crippen LogP) is 3.36. The topological polar surface area (TPSA) is 23.9 Å². The highest BCUT2D eigenvalue weighted by molar-refractivity contribution is 8.07. The number of hydrogen-bond acceptors (Lipinski definition) is 2. The molecule has 64 valence electrons. The van der Waals surface area contributed by atoms with Crippen LogP contribution in [0.1, 0.15) is 13.8 Å². The standard InChI is InChI=1S/C10H13NS/c1-8(2)4-3-5-10-9(11)6-7-12-10/h3-8,11H,1-2H3/b4-3-,10-5+,11-9?. The molecule has 1 rings (SSSR count). The van der Waals surface area contributed by atoms with E-state index in [9.17, 15) is 0 Å². The van der Waals surface area contributed by atoms with Crippen LogP contribution in [0.4, 0.5) is 0 Å². The highest BCUT2D eigenvalue weighted by atomic mass is 32.2. The lowest BCUT2D eigenvalue weighted by Crippen LogP contribution is -1.85. The zero-order valence-electron chi connectivity index (χ0n) is 7.37. The van der Waals surface area contributed by atoms with Crippen LogP contribution in [0.25, 0.3) is 0 Å². The minimum absolute atomic E-state index is 0.579. The number of thioether (sulfide) groups is 1. The summed E-state index contributed by atoms with van der Waals surface area (Å²) in [7, 11) is 0. The van der Waals surface area contributed by atoms with Crippen LogP contribution in [0, 0.1) is 11.3 Å². The van der Waals surface area contributed by atoms with Crippen molar-refractivity contribution in [3.63, 3.8) is 0 Å². The summed E-state index contributed by atoms with van der Waals surface area (Å²) < 4.78 is 0. The third-order valence-electron chi connectivity index (χ3n) is 1.44. The minimum Gasteiger partial charge on any atom is -0.300 e. The van der Waals surface area contributed by atoms with Crippen LogP contribution in [-0.4, -0.2) is 5.71 Å². The van der Waals surface area contributed by atoms with Crippen LogP contribution in [-0.2, 0) is 0 Å². The van der Waals surface area contributed by atoms with Gasteiger partial charge in [0.25, 0.3) is 0 Å². The van der Waals surface area contributed by atoms with E-state index in [1.54, 1.807) is 11.8 Å². The van der Waals surface area contributed by atoms with Crippen molar-refractivity contribution in [2.45, 2.75) is 13.8 Å². The molecule has 0 aromatic heterocycles. The lowest BCUT2D eigenvalue weighted by atomic mass is 10.2. The molecule has 0 fully saturated rings. The summed E-state index contributed by atoms with van der Waals surface area (Å²) >= 11 is 1.61. The SMILES string of the molecule is CC(C)/C=C\C=C1\SC=CC1=N. The van der Waals surface area contributed by atoms with Gasteiger partial charge >= 0.3 is 0 Å². The molecule has 0 radical (unpaired) electrons.